The number of hydrogen-bond acceptors (Lipinski definition) is 5. The molecule has 0 aliphatic carbocycles. The van der Waals surface area contributed by atoms with Gasteiger partial charge < -0.3 is 0 Å². The highest BCUT2D eigenvalue weighted by Gasteiger charge is 2.25. The Balaban J connectivity index is 1.80. The lowest BCUT2D eigenvalue weighted by molar-refractivity contribution is 0.0985. The van der Waals surface area contributed by atoms with E-state index >= 15 is 0 Å². The van der Waals surface area contributed by atoms with Crippen molar-refractivity contribution in [3.8, 4) is 0 Å². The Hall–Kier alpha value is -1.99. The Labute approximate surface area is 180 Å². The predicted octanol–water partition coefficient (Wildman–Crippen LogP) is 6.52. The molecule has 0 radical (unpaired) electrons. The molecule has 4 aromatic rings. The van der Waals surface area contributed by atoms with Gasteiger partial charge in [-0.15, -0.1) is 11.3 Å². The first kappa shape index (κ1) is 19.3. The molecule has 28 heavy (non-hydrogen) atoms. The fourth-order valence-corrected chi connectivity index (χ4v) is 5.29. The van der Waals surface area contributed by atoms with Crippen LogP contribution in [0, 0.1) is 13.8 Å². The molecule has 0 saturated heterocycles. The summed E-state index contributed by atoms with van der Waals surface area (Å²) in [5, 5.41) is 0.606. The van der Waals surface area contributed by atoms with Gasteiger partial charge in [-0.25, -0.2) is 4.98 Å². The van der Waals surface area contributed by atoms with Crippen molar-refractivity contribution in [2.75, 3.05) is 4.90 Å². The molecule has 0 aliphatic heterocycles. The summed E-state index contributed by atoms with van der Waals surface area (Å²) in [5.74, 6) is -0.244. The number of benzene rings is 1. The maximum atomic E-state index is 13.3. The molecular formula is C20H15Cl2N3OS2. The van der Waals surface area contributed by atoms with Gasteiger partial charge in [0.2, 0.25) is 0 Å². The first-order valence-corrected chi connectivity index (χ1v) is 10.9. The van der Waals surface area contributed by atoms with Crippen LogP contribution >= 0.6 is 45.9 Å². The van der Waals surface area contributed by atoms with Gasteiger partial charge in [0.15, 0.2) is 5.13 Å². The molecule has 0 N–H and O–H groups in total. The average molecular weight is 448 g/mol. The number of carbonyl (C=O) groups is 1. The first-order chi connectivity index (χ1) is 13.4. The second kappa shape index (κ2) is 7.79. The fourth-order valence-electron chi connectivity index (χ4n) is 2.79. The largest absolute Gasteiger partial charge is 0.278 e. The van der Waals surface area contributed by atoms with Crippen molar-refractivity contribution >= 4 is 67.1 Å². The normalized spacial score (nSPS) is 11.1. The van der Waals surface area contributed by atoms with Gasteiger partial charge in [-0.2, -0.15) is 0 Å². The summed E-state index contributed by atoms with van der Waals surface area (Å²) in [5.41, 5.74) is 4.37. The monoisotopic (exact) mass is 447 g/mol. The summed E-state index contributed by atoms with van der Waals surface area (Å²) in [4.78, 5) is 24.0. The molecular weight excluding hydrogens is 433 g/mol. The minimum Gasteiger partial charge on any atom is -0.278 e. The highest BCUT2D eigenvalue weighted by Crippen LogP contribution is 2.36. The third-order valence-electron chi connectivity index (χ3n) is 4.40. The molecule has 4 nitrogen and oxygen atoms in total. The van der Waals surface area contributed by atoms with Gasteiger partial charge in [0.25, 0.3) is 5.91 Å². The van der Waals surface area contributed by atoms with E-state index in [4.69, 9.17) is 28.2 Å². The van der Waals surface area contributed by atoms with Gasteiger partial charge in [-0.05, 0) is 55.3 Å². The lowest BCUT2D eigenvalue weighted by Crippen LogP contribution is -2.30. The molecule has 142 valence electrons. The van der Waals surface area contributed by atoms with E-state index < -0.39 is 0 Å². The van der Waals surface area contributed by atoms with E-state index in [2.05, 4.69) is 24.9 Å². The lowest BCUT2D eigenvalue weighted by Gasteiger charge is -2.19. The molecule has 1 aromatic carbocycles. The summed E-state index contributed by atoms with van der Waals surface area (Å²) in [7, 11) is 0. The lowest BCUT2D eigenvalue weighted by atomic mass is 10.1. The maximum Gasteiger partial charge on any atom is 0.262 e. The number of rotatable bonds is 4. The van der Waals surface area contributed by atoms with Crippen molar-refractivity contribution in [3.63, 3.8) is 0 Å². The molecule has 0 spiro atoms. The number of halogens is 2. The van der Waals surface area contributed by atoms with E-state index in [1.165, 1.54) is 33.8 Å². The van der Waals surface area contributed by atoms with Crippen LogP contribution in [0.15, 0.2) is 42.6 Å². The Bertz CT molecular complexity index is 1130. The number of aryl methyl sites for hydroxylation is 2. The SMILES string of the molecule is Cc1cc2nc(N(Cc3ccccn3)C(=O)c3cc(Cl)sc3Cl)sc2cc1C. The maximum absolute atomic E-state index is 13.3. The van der Waals surface area contributed by atoms with Crippen molar-refractivity contribution in [1.29, 1.82) is 0 Å². The molecule has 4 rings (SSSR count). The van der Waals surface area contributed by atoms with Crippen LogP contribution in [0.3, 0.4) is 0 Å². The van der Waals surface area contributed by atoms with Gasteiger partial charge in [0.05, 0.1) is 32.4 Å². The van der Waals surface area contributed by atoms with E-state index in [0.717, 1.165) is 15.9 Å². The molecule has 3 aromatic heterocycles. The van der Waals surface area contributed by atoms with Crippen molar-refractivity contribution in [1.82, 2.24) is 9.97 Å². The highest BCUT2D eigenvalue weighted by molar-refractivity contribution is 7.22. The number of hydrogen-bond donors (Lipinski definition) is 0. The topological polar surface area (TPSA) is 46.1 Å². The summed E-state index contributed by atoms with van der Waals surface area (Å²) >= 11 is 15.0. The van der Waals surface area contributed by atoms with Crippen LogP contribution in [0.4, 0.5) is 5.13 Å². The van der Waals surface area contributed by atoms with E-state index in [-0.39, 0.29) is 5.91 Å². The van der Waals surface area contributed by atoms with Crippen LogP contribution in [0.2, 0.25) is 8.67 Å². The summed E-state index contributed by atoms with van der Waals surface area (Å²) in [6.07, 6.45) is 1.71. The van der Waals surface area contributed by atoms with Gasteiger partial charge in [-0.3, -0.25) is 14.7 Å². The smallest absolute Gasteiger partial charge is 0.262 e. The van der Waals surface area contributed by atoms with Gasteiger partial charge in [-0.1, -0.05) is 40.6 Å². The predicted molar refractivity (Wildman–Crippen MR) is 118 cm³/mol. The number of pyridine rings is 1. The van der Waals surface area contributed by atoms with E-state index in [1.54, 1.807) is 17.2 Å². The molecule has 1 amide bonds. The first-order valence-electron chi connectivity index (χ1n) is 8.47. The van der Waals surface area contributed by atoms with Crippen molar-refractivity contribution in [2.24, 2.45) is 0 Å². The number of nitrogens with zero attached hydrogens (tertiary/aromatic N) is 3. The van der Waals surface area contributed by atoms with Crippen LogP contribution in [0.25, 0.3) is 10.2 Å². The van der Waals surface area contributed by atoms with E-state index in [0.29, 0.717) is 25.9 Å². The Morgan fingerprint density at radius 3 is 2.57 bits per heavy atom. The minimum absolute atomic E-state index is 0.244. The third kappa shape index (κ3) is 3.78. The minimum atomic E-state index is -0.244. The molecule has 0 unspecified atom stereocenters. The zero-order valence-electron chi connectivity index (χ0n) is 15.1. The van der Waals surface area contributed by atoms with Crippen LogP contribution in [-0.2, 0) is 6.54 Å². The zero-order valence-corrected chi connectivity index (χ0v) is 18.2. The van der Waals surface area contributed by atoms with Crippen molar-refractivity contribution in [2.45, 2.75) is 20.4 Å². The molecule has 0 fully saturated rings. The van der Waals surface area contributed by atoms with E-state index in [1.807, 2.05) is 24.3 Å². The number of amides is 1. The Morgan fingerprint density at radius 2 is 1.89 bits per heavy atom. The second-order valence-corrected chi connectivity index (χ2v) is 9.65. The summed E-state index contributed by atoms with van der Waals surface area (Å²) in [6, 6.07) is 11.4. The van der Waals surface area contributed by atoms with Crippen molar-refractivity contribution in [3.05, 3.63) is 73.7 Å². The van der Waals surface area contributed by atoms with Crippen LogP contribution in [-0.4, -0.2) is 15.9 Å². The zero-order chi connectivity index (χ0) is 19.8. The molecule has 0 bridgehead atoms. The van der Waals surface area contributed by atoms with Crippen LogP contribution in [0.1, 0.15) is 27.2 Å². The van der Waals surface area contributed by atoms with E-state index in [9.17, 15) is 4.79 Å². The number of thiazole rings is 1. The van der Waals surface area contributed by atoms with Crippen molar-refractivity contribution < 1.29 is 4.79 Å². The van der Waals surface area contributed by atoms with Gasteiger partial charge in [0.1, 0.15) is 4.34 Å². The van der Waals surface area contributed by atoms with Gasteiger partial charge >= 0.3 is 0 Å². The second-order valence-electron chi connectivity index (χ2n) is 6.35. The summed E-state index contributed by atoms with van der Waals surface area (Å²) in [6.45, 7) is 4.41. The molecule has 3 heterocycles. The highest BCUT2D eigenvalue weighted by atomic mass is 35.5. The number of fused-ring (bicyclic) bond motifs is 1. The number of carbonyl (C=O) groups excluding carboxylic acids is 1. The molecule has 8 heteroatoms. The van der Waals surface area contributed by atoms with Crippen LogP contribution in [0.5, 0.6) is 0 Å². The average Bonchev–Trinajstić information content (AvgIpc) is 3.22. The summed E-state index contributed by atoms with van der Waals surface area (Å²) < 4.78 is 1.88. The number of anilines is 1. The molecule has 0 saturated carbocycles. The third-order valence-corrected chi connectivity index (χ3v) is 6.93. The number of thiophene rings is 1. The molecule has 0 aliphatic rings. The fraction of sp³-hybridized carbons (Fsp3) is 0.150. The van der Waals surface area contributed by atoms with Crippen LogP contribution < -0.4 is 4.90 Å². The quantitative estimate of drug-likeness (QED) is 0.357. The standard InChI is InChI=1S/C20H15Cl2N3OS2/c1-11-7-15-16(8-12(11)2)27-20(24-15)25(10-13-5-3-4-6-23-13)19(26)14-9-17(21)28-18(14)22/h3-9H,10H2,1-2H3. The van der Waals surface area contributed by atoms with Gasteiger partial charge in [0, 0.05) is 6.20 Å². The Kier molecular flexibility index (Phi) is 5.38. The molecule has 0 atom stereocenters. The number of aromatic nitrogens is 2. The Morgan fingerprint density at radius 1 is 1.11 bits per heavy atom.